The van der Waals surface area contributed by atoms with Crippen LogP contribution in [0.15, 0.2) is 60.7 Å². The summed E-state index contributed by atoms with van der Waals surface area (Å²) in [5.74, 6) is -0.215. The van der Waals surface area contributed by atoms with Gasteiger partial charge in [0.2, 0.25) is 5.91 Å². The number of hydrogen-bond donors (Lipinski definition) is 2. The molecule has 3 nitrogen and oxygen atoms in total. The van der Waals surface area contributed by atoms with Gasteiger partial charge in [0.15, 0.2) is 0 Å². The highest BCUT2D eigenvalue weighted by atomic mass is 35.5. The summed E-state index contributed by atoms with van der Waals surface area (Å²) in [6.45, 7) is 2.59. The molecule has 0 spiro atoms. The minimum Gasteiger partial charge on any atom is -0.355 e. The van der Waals surface area contributed by atoms with Gasteiger partial charge < -0.3 is 11.1 Å². The topological polar surface area (TPSA) is 55.1 Å². The van der Waals surface area contributed by atoms with Gasteiger partial charge in [0.05, 0.1) is 5.92 Å². The number of benzene rings is 2. The summed E-state index contributed by atoms with van der Waals surface area (Å²) in [5.41, 5.74) is 8.70. The van der Waals surface area contributed by atoms with E-state index in [0.29, 0.717) is 6.54 Å². The van der Waals surface area contributed by atoms with E-state index in [1.54, 1.807) is 0 Å². The van der Waals surface area contributed by atoms with Crippen LogP contribution in [-0.4, -0.2) is 12.5 Å². The van der Waals surface area contributed by atoms with Gasteiger partial charge in [0.25, 0.3) is 0 Å². The summed E-state index contributed by atoms with van der Waals surface area (Å²) in [6.07, 6.45) is 2.27. The van der Waals surface area contributed by atoms with E-state index in [2.05, 4.69) is 29.6 Å². The molecule has 0 aliphatic heterocycles. The molecule has 1 aliphatic rings. The Morgan fingerprint density at radius 1 is 1.08 bits per heavy atom. The minimum atomic E-state index is -0.275. The smallest absolute Gasteiger partial charge is 0.224 e. The van der Waals surface area contributed by atoms with E-state index in [9.17, 15) is 4.79 Å². The van der Waals surface area contributed by atoms with Crippen molar-refractivity contribution in [3.63, 3.8) is 0 Å². The highest BCUT2D eigenvalue weighted by Crippen LogP contribution is 2.47. The van der Waals surface area contributed by atoms with Crippen LogP contribution in [0.5, 0.6) is 0 Å². The molecule has 1 saturated carbocycles. The van der Waals surface area contributed by atoms with Crippen LogP contribution in [0, 0.1) is 5.92 Å². The molecule has 3 rings (SSSR count). The minimum absolute atomic E-state index is 0. The molecular weight excluding hydrogens is 320 g/mol. The zero-order valence-corrected chi connectivity index (χ0v) is 14.8. The Morgan fingerprint density at radius 2 is 1.62 bits per heavy atom. The molecule has 4 heteroatoms. The number of hydrogen-bond acceptors (Lipinski definition) is 2. The van der Waals surface area contributed by atoms with Gasteiger partial charge in [-0.25, -0.2) is 0 Å². The van der Waals surface area contributed by atoms with Crippen LogP contribution in [-0.2, 0) is 10.2 Å². The normalized spacial score (nSPS) is 17.2. The van der Waals surface area contributed by atoms with E-state index in [-0.39, 0.29) is 35.7 Å². The van der Waals surface area contributed by atoms with Crippen molar-refractivity contribution in [1.29, 1.82) is 0 Å². The van der Waals surface area contributed by atoms with Gasteiger partial charge in [0, 0.05) is 18.0 Å². The number of rotatable bonds is 6. The summed E-state index contributed by atoms with van der Waals surface area (Å²) in [7, 11) is 0. The summed E-state index contributed by atoms with van der Waals surface area (Å²) >= 11 is 0. The largest absolute Gasteiger partial charge is 0.355 e. The molecular formula is C20H25ClN2O. The van der Waals surface area contributed by atoms with Crippen molar-refractivity contribution in [3.8, 4) is 0 Å². The molecule has 1 aliphatic carbocycles. The van der Waals surface area contributed by atoms with Crippen molar-refractivity contribution in [2.24, 2.45) is 11.7 Å². The summed E-state index contributed by atoms with van der Waals surface area (Å²) < 4.78 is 0. The van der Waals surface area contributed by atoms with Gasteiger partial charge in [-0.15, -0.1) is 12.4 Å². The second-order valence-electron chi connectivity index (χ2n) is 6.59. The maximum atomic E-state index is 12.5. The van der Waals surface area contributed by atoms with Crippen molar-refractivity contribution in [3.05, 3.63) is 71.8 Å². The summed E-state index contributed by atoms with van der Waals surface area (Å²) in [6, 6.07) is 20.0. The van der Waals surface area contributed by atoms with E-state index < -0.39 is 0 Å². The second kappa shape index (κ2) is 7.82. The van der Waals surface area contributed by atoms with Crippen LogP contribution in [0.4, 0.5) is 0 Å². The number of halogens is 1. The molecule has 1 amide bonds. The fourth-order valence-corrected chi connectivity index (χ4v) is 3.05. The molecule has 0 radical (unpaired) electrons. The van der Waals surface area contributed by atoms with Crippen LogP contribution in [0.25, 0.3) is 0 Å². The average Bonchev–Trinajstić information content (AvgIpc) is 3.41. The Morgan fingerprint density at radius 3 is 2.17 bits per heavy atom. The Kier molecular flexibility index (Phi) is 6.03. The first kappa shape index (κ1) is 18.5. The standard InChI is InChI=1S/C20H24N2O.ClH/c1-15(18(21)16-8-4-2-5-9-16)19(23)22-14-20(12-13-20)17-10-6-3-7-11-17;/h2-11,15,18H,12-14,21H2,1H3,(H,22,23);1H. The maximum absolute atomic E-state index is 12.5. The quantitative estimate of drug-likeness (QED) is 0.841. The fourth-order valence-electron chi connectivity index (χ4n) is 3.05. The molecule has 0 saturated heterocycles. The van der Waals surface area contributed by atoms with Gasteiger partial charge in [-0.1, -0.05) is 67.6 Å². The molecule has 2 unspecified atom stereocenters. The van der Waals surface area contributed by atoms with E-state index in [1.165, 1.54) is 5.56 Å². The van der Waals surface area contributed by atoms with Crippen molar-refractivity contribution in [2.75, 3.05) is 6.54 Å². The third-order valence-corrected chi connectivity index (χ3v) is 4.98. The first-order chi connectivity index (χ1) is 11.1. The van der Waals surface area contributed by atoms with Crippen LogP contribution in [0.3, 0.4) is 0 Å². The van der Waals surface area contributed by atoms with Crippen molar-refractivity contribution >= 4 is 18.3 Å². The molecule has 2 atom stereocenters. The lowest BCUT2D eigenvalue weighted by atomic mass is 9.93. The highest BCUT2D eigenvalue weighted by molar-refractivity contribution is 5.85. The monoisotopic (exact) mass is 344 g/mol. The van der Waals surface area contributed by atoms with Gasteiger partial charge in [-0.05, 0) is 24.0 Å². The molecule has 0 aromatic heterocycles. The zero-order chi connectivity index (χ0) is 16.3. The Labute approximate surface area is 150 Å². The SMILES string of the molecule is CC(C(=O)NCC1(c2ccccc2)CC1)C(N)c1ccccc1.Cl. The van der Waals surface area contributed by atoms with E-state index >= 15 is 0 Å². The van der Waals surface area contributed by atoms with Crippen LogP contribution >= 0.6 is 12.4 Å². The highest BCUT2D eigenvalue weighted by Gasteiger charge is 2.44. The van der Waals surface area contributed by atoms with E-state index in [4.69, 9.17) is 5.73 Å². The lowest BCUT2D eigenvalue weighted by Crippen LogP contribution is -2.39. The summed E-state index contributed by atoms with van der Waals surface area (Å²) in [5, 5.41) is 3.12. The Hall–Kier alpha value is -1.84. The van der Waals surface area contributed by atoms with Gasteiger partial charge in [0.1, 0.15) is 0 Å². The zero-order valence-electron chi connectivity index (χ0n) is 13.9. The second-order valence-corrected chi connectivity index (χ2v) is 6.59. The average molecular weight is 345 g/mol. The third kappa shape index (κ3) is 3.97. The summed E-state index contributed by atoms with van der Waals surface area (Å²) in [4.78, 5) is 12.5. The molecule has 128 valence electrons. The molecule has 2 aromatic carbocycles. The van der Waals surface area contributed by atoms with Crippen molar-refractivity contribution in [2.45, 2.75) is 31.2 Å². The van der Waals surface area contributed by atoms with Crippen LogP contribution < -0.4 is 11.1 Å². The molecule has 0 bridgehead atoms. The van der Waals surface area contributed by atoms with Gasteiger partial charge >= 0.3 is 0 Å². The Bertz CT molecular complexity index is 656. The number of amides is 1. The van der Waals surface area contributed by atoms with Gasteiger partial charge in [-0.2, -0.15) is 0 Å². The number of carbonyl (C=O) groups is 1. The third-order valence-electron chi connectivity index (χ3n) is 4.98. The maximum Gasteiger partial charge on any atom is 0.224 e. The van der Waals surface area contributed by atoms with E-state index in [1.807, 2.05) is 43.3 Å². The predicted molar refractivity (Wildman–Crippen MR) is 100 cm³/mol. The fraction of sp³-hybridized carbons (Fsp3) is 0.350. The lowest BCUT2D eigenvalue weighted by Gasteiger charge is -2.22. The molecule has 2 aromatic rings. The van der Waals surface area contributed by atoms with Gasteiger partial charge in [-0.3, -0.25) is 4.79 Å². The number of nitrogens with one attached hydrogen (secondary N) is 1. The molecule has 3 N–H and O–H groups in total. The predicted octanol–water partition coefficient (Wildman–Crippen LogP) is 3.59. The van der Waals surface area contributed by atoms with Crippen LogP contribution in [0.2, 0.25) is 0 Å². The number of nitrogens with two attached hydrogens (primary N) is 1. The molecule has 1 fully saturated rings. The molecule has 0 heterocycles. The number of carbonyl (C=O) groups excluding carboxylic acids is 1. The van der Waals surface area contributed by atoms with E-state index in [0.717, 1.165) is 18.4 Å². The molecule has 24 heavy (non-hydrogen) atoms. The van der Waals surface area contributed by atoms with Crippen molar-refractivity contribution in [1.82, 2.24) is 5.32 Å². The lowest BCUT2D eigenvalue weighted by molar-refractivity contribution is -0.125. The first-order valence-corrected chi connectivity index (χ1v) is 8.26. The first-order valence-electron chi connectivity index (χ1n) is 8.26. The Balaban J connectivity index is 0.00000208. The van der Waals surface area contributed by atoms with Crippen molar-refractivity contribution < 1.29 is 4.79 Å². The van der Waals surface area contributed by atoms with Crippen LogP contribution in [0.1, 0.15) is 36.9 Å².